The normalized spacial score (nSPS) is 12.3. The summed E-state index contributed by atoms with van der Waals surface area (Å²) in [5.74, 6) is 0.781. The van der Waals surface area contributed by atoms with Gasteiger partial charge in [-0.3, -0.25) is 4.98 Å². The number of nitrogens with zero attached hydrogens (tertiary/aromatic N) is 1. The molecule has 3 rings (SSSR count). The summed E-state index contributed by atoms with van der Waals surface area (Å²) < 4.78 is 5.86. The molecule has 1 aromatic heterocycles. The number of aliphatic hydroxyl groups excluding tert-OH is 1. The number of pyridine rings is 1. The molecule has 2 aromatic carbocycles. The van der Waals surface area contributed by atoms with Crippen LogP contribution in [0.5, 0.6) is 5.75 Å². The number of aliphatic hydroxyl groups is 1. The van der Waals surface area contributed by atoms with E-state index < -0.39 is 6.10 Å². The molecule has 0 fully saturated rings. The average Bonchev–Trinajstić information content (AvgIpc) is 2.53. The van der Waals surface area contributed by atoms with Gasteiger partial charge in [0.1, 0.15) is 12.4 Å². The molecule has 22 heavy (non-hydrogen) atoms. The van der Waals surface area contributed by atoms with Gasteiger partial charge in [-0.05, 0) is 49.2 Å². The zero-order valence-electron chi connectivity index (χ0n) is 12.8. The fourth-order valence-electron chi connectivity index (χ4n) is 2.55. The standard InChI is InChI=1S/C19H19NO2/c1-13-10-17(14(2)21)18-11-16(8-9-19(18)20-13)22-12-15-6-4-3-5-7-15/h3-11,14,21H,12H2,1-2H3. The molecule has 0 saturated carbocycles. The molecule has 0 aliphatic heterocycles. The maximum atomic E-state index is 9.98. The molecule has 0 amide bonds. The third kappa shape index (κ3) is 3.10. The highest BCUT2D eigenvalue weighted by molar-refractivity contribution is 5.84. The number of aromatic nitrogens is 1. The fraction of sp³-hybridized carbons (Fsp3) is 0.211. The molecule has 1 unspecified atom stereocenters. The maximum Gasteiger partial charge on any atom is 0.120 e. The first kappa shape index (κ1) is 14.5. The van der Waals surface area contributed by atoms with E-state index >= 15 is 0 Å². The van der Waals surface area contributed by atoms with Gasteiger partial charge in [-0.15, -0.1) is 0 Å². The molecule has 0 radical (unpaired) electrons. The summed E-state index contributed by atoms with van der Waals surface area (Å²) in [4.78, 5) is 4.51. The van der Waals surface area contributed by atoms with Crippen molar-refractivity contribution in [1.82, 2.24) is 4.98 Å². The van der Waals surface area contributed by atoms with Crippen molar-refractivity contribution in [3.63, 3.8) is 0 Å². The lowest BCUT2D eigenvalue weighted by Crippen LogP contribution is -1.98. The Balaban J connectivity index is 1.92. The number of rotatable bonds is 4. The minimum Gasteiger partial charge on any atom is -0.489 e. The molecule has 1 atom stereocenters. The molecule has 3 nitrogen and oxygen atoms in total. The summed E-state index contributed by atoms with van der Waals surface area (Å²) in [7, 11) is 0. The van der Waals surface area contributed by atoms with E-state index in [0.29, 0.717) is 6.61 Å². The number of aryl methyl sites for hydroxylation is 1. The number of hydrogen-bond donors (Lipinski definition) is 1. The van der Waals surface area contributed by atoms with Crippen LogP contribution in [-0.2, 0) is 6.61 Å². The SMILES string of the molecule is Cc1cc(C(C)O)c2cc(OCc3ccccc3)ccc2n1. The molecular weight excluding hydrogens is 274 g/mol. The van der Waals surface area contributed by atoms with Crippen LogP contribution in [0.15, 0.2) is 54.6 Å². The number of ether oxygens (including phenoxy) is 1. The van der Waals surface area contributed by atoms with E-state index in [4.69, 9.17) is 4.74 Å². The Morgan fingerprint density at radius 1 is 1.09 bits per heavy atom. The van der Waals surface area contributed by atoms with Crippen LogP contribution in [0.4, 0.5) is 0 Å². The van der Waals surface area contributed by atoms with E-state index in [0.717, 1.165) is 33.5 Å². The van der Waals surface area contributed by atoms with Gasteiger partial charge in [-0.1, -0.05) is 30.3 Å². The van der Waals surface area contributed by atoms with Crippen molar-refractivity contribution in [3.05, 3.63) is 71.4 Å². The zero-order chi connectivity index (χ0) is 15.5. The van der Waals surface area contributed by atoms with Crippen molar-refractivity contribution in [2.24, 2.45) is 0 Å². The second kappa shape index (κ2) is 6.16. The quantitative estimate of drug-likeness (QED) is 0.785. The van der Waals surface area contributed by atoms with Gasteiger partial charge in [0.2, 0.25) is 0 Å². The highest BCUT2D eigenvalue weighted by Gasteiger charge is 2.10. The van der Waals surface area contributed by atoms with E-state index in [1.165, 1.54) is 0 Å². The van der Waals surface area contributed by atoms with E-state index in [-0.39, 0.29) is 0 Å². The first-order valence-corrected chi connectivity index (χ1v) is 7.39. The lowest BCUT2D eigenvalue weighted by atomic mass is 10.0. The second-order valence-electron chi connectivity index (χ2n) is 5.48. The third-order valence-electron chi connectivity index (χ3n) is 3.64. The highest BCUT2D eigenvalue weighted by Crippen LogP contribution is 2.28. The molecule has 3 aromatic rings. The number of fused-ring (bicyclic) bond motifs is 1. The van der Waals surface area contributed by atoms with Gasteiger partial charge in [-0.2, -0.15) is 0 Å². The summed E-state index contributed by atoms with van der Waals surface area (Å²) in [5.41, 5.74) is 3.79. The van der Waals surface area contributed by atoms with Crippen LogP contribution in [-0.4, -0.2) is 10.1 Å². The van der Waals surface area contributed by atoms with Crippen LogP contribution in [0.1, 0.15) is 29.8 Å². The number of benzene rings is 2. The van der Waals surface area contributed by atoms with E-state index in [1.54, 1.807) is 6.92 Å². The van der Waals surface area contributed by atoms with Crippen LogP contribution in [0, 0.1) is 6.92 Å². The monoisotopic (exact) mass is 293 g/mol. The van der Waals surface area contributed by atoms with Crippen LogP contribution < -0.4 is 4.74 Å². The van der Waals surface area contributed by atoms with Gasteiger partial charge in [-0.25, -0.2) is 0 Å². The Labute approximate surface area is 130 Å². The number of hydrogen-bond acceptors (Lipinski definition) is 3. The molecule has 1 heterocycles. The summed E-state index contributed by atoms with van der Waals surface area (Å²) in [6.07, 6.45) is -0.534. The molecule has 0 aliphatic rings. The van der Waals surface area contributed by atoms with Crippen molar-refractivity contribution < 1.29 is 9.84 Å². The lowest BCUT2D eigenvalue weighted by Gasteiger charge is -2.12. The fourth-order valence-corrected chi connectivity index (χ4v) is 2.55. The van der Waals surface area contributed by atoms with Gasteiger partial charge in [0.25, 0.3) is 0 Å². The van der Waals surface area contributed by atoms with E-state index in [2.05, 4.69) is 4.98 Å². The lowest BCUT2D eigenvalue weighted by molar-refractivity contribution is 0.200. The van der Waals surface area contributed by atoms with E-state index in [1.807, 2.05) is 61.5 Å². The molecule has 1 N–H and O–H groups in total. The topological polar surface area (TPSA) is 42.4 Å². The molecule has 0 saturated heterocycles. The minimum atomic E-state index is -0.534. The summed E-state index contributed by atoms with van der Waals surface area (Å²) in [6, 6.07) is 17.8. The molecule has 0 bridgehead atoms. The van der Waals surface area contributed by atoms with Gasteiger partial charge in [0.05, 0.1) is 11.6 Å². The summed E-state index contributed by atoms with van der Waals surface area (Å²) in [6.45, 7) is 4.23. The van der Waals surface area contributed by atoms with Crippen LogP contribution >= 0.6 is 0 Å². The van der Waals surface area contributed by atoms with Crippen LogP contribution in [0.2, 0.25) is 0 Å². The smallest absolute Gasteiger partial charge is 0.120 e. The Kier molecular flexibility index (Phi) is 4.07. The minimum absolute atomic E-state index is 0.523. The Bertz CT molecular complexity index is 782. The predicted molar refractivity (Wildman–Crippen MR) is 87.9 cm³/mol. The van der Waals surface area contributed by atoms with Crippen molar-refractivity contribution in [2.75, 3.05) is 0 Å². The largest absolute Gasteiger partial charge is 0.489 e. The van der Waals surface area contributed by atoms with Crippen molar-refractivity contribution in [3.8, 4) is 5.75 Å². The van der Waals surface area contributed by atoms with Crippen molar-refractivity contribution in [2.45, 2.75) is 26.6 Å². The average molecular weight is 293 g/mol. The molecular formula is C19H19NO2. The van der Waals surface area contributed by atoms with E-state index in [9.17, 15) is 5.11 Å². The Hall–Kier alpha value is -2.39. The first-order chi connectivity index (χ1) is 10.6. The summed E-state index contributed by atoms with van der Waals surface area (Å²) in [5, 5.41) is 10.9. The Morgan fingerprint density at radius 3 is 2.59 bits per heavy atom. The first-order valence-electron chi connectivity index (χ1n) is 7.39. The van der Waals surface area contributed by atoms with Gasteiger partial charge in [0.15, 0.2) is 0 Å². The second-order valence-corrected chi connectivity index (χ2v) is 5.48. The van der Waals surface area contributed by atoms with Crippen LogP contribution in [0.3, 0.4) is 0 Å². The Morgan fingerprint density at radius 2 is 1.86 bits per heavy atom. The predicted octanol–water partition coefficient (Wildman–Crippen LogP) is 4.18. The highest BCUT2D eigenvalue weighted by atomic mass is 16.5. The van der Waals surface area contributed by atoms with Gasteiger partial charge < -0.3 is 9.84 Å². The zero-order valence-corrected chi connectivity index (χ0v) is 12.8. The molecule has 112 valence electrons. The maximum absolute atomic E-state index is 9.98. The molecule has 0 aliphatic carbocycles. The third-order valence-corrected chi connectivity index (χ3v) is 3.64. The van der Waals surface area contributed by atoms with Crippen molar-refractivity contribution >= 4 is 10.9 Å². The van der Waals surface area contributed by atoms with Gasteiger partial charge in [0, 0.05) is 11.1 Å². The molecule has 3 heteroatoms. The van der Waals surface area contributed by atoms with Crippen molar-refractivity contribution in [1.29, 1.82) is 0 Å². The molecule has 0 spiro atoms. The van der Waals surface area contributed by atoms with Gasteiger partial charge >= 0.3 is 0 Å². The summed E-state index contributed by atoms with van der Waals surface area (Å²) >= 11 is 0. The van der Waals surface area contributed by atoms with Crippen LogP contribution in [0.25, 0.3) is 10.9 Å².